The van der Waals surface area contributed by atoms with Gasteiger partial charge in [0.1, 0.15) is 0 Å². The third-order valence-corrected chi connectivity index (χ3v) is 3.86. The zero-order chi connectivity index (χ0) is 15.1. The molecule has 1 N–H and O–H groups in total. The molecular weight excluding hydrogens is 286 g/mol. The Bertz CT molecular complexity index is 408. The summed E-state index contributed by atoms with van der Waals surface area (Å²) < 4.78 is 11.7. The Labute approximate surface area is 133 Å². The first-order chi connectivity index (χ1) is 10.1. The molecule has 0 amide bonds. The van der Waals surface area contributed by atoms with Crippen molar-refractivity contribution in [3.63, 3.8) is 0 Å². The molecule has 0 radical (unpaired) electrons. The number of hydrogen-bond donors (Lipinski definition) is 1. The Kier molecular flexibility index (Phi) is 6.97. The van der Waals surface area contributed by atoms with Gasteiger partial charge < -0.3 is 14.8 Å². The Morgan fingerprint density at radius 3 is 2.67 bits per heavy atom. The van der Waals surface area contributed by atoms with Crippen LogP contribution in [0.4, 0.5) is 0 Å². The Morgan fingerprint density at radius 2 is 1.95 bits per heavy atom. The SMILES string of the molecule is CC(C)CNCC1CCC(COCc2ccc(Cl)cc2)O1. The molecule has 21 heavy (non-hydrogen) atoms. The molecule has 1 aromatic rings. The largest absolute Gasteiger partial charge is 0.374 e. The lowest BCUT2D eigenvalue weighted by Gasteiger charge is -2.15. The highest BCUT2D eigenvalue weighted by Crippen LogP contribution is 2.20. The van der Waals surface area contributed by atoms with Gasteiger partial charge in [-0.2, -0.15) is 0 Å². The van der Waals surface area contributed by atoms with Crippen molar-refractivity contribution in [3.8, 4) is 0 Å². The first kappa shape index (κ1) is 16.8. The Morgan fingerprint density at radius 1 is 1.24 bits per heavy atom. The fourth-order valence-corrected chi connectivity index (χ4v) is 2.60. The van der Waals surface area contributed by atoms with Gasteiger partial charge in [-0.25, -0.2) is 0 Å². The highest BCUT2D eigenvalue weighted by Gasteiger charge is 2.24. The third-order valence-electron chi connectivity index (χ3n) is 3.61. The van der Waals surface area contributed by atoms with Crippen LogP contribution >= 0.6 is 11.6 Å². The average molecular weight is 312 g/mol. The van der Waals surface area contributed by atoms with Crippen molar-refractivity contribution >= 4 is 11.6 Å². The van der Waals surface area contributed by atoms with Crippen LogP contribution in [0.3, 0.4) is 0 Å². The fraction of sp³-hybridized carbons (Fsp3) is 0.647. The minimum absolute atomic E-state index is 0.239. The van der Waals surface area contributed by atoms with Crippen LogP contribution in [0.2, 0.25) is 5.02 Å². The van der Waals surface area contributed by atoms with Gasteiger partial charge in [0.15, 0.2) is 0 Å². The third kappa shape index (κ3) is 6.35. The highest BCUT2D eigenvalue weighted by atomic mass is 35.5. The van der Waals surface area contributed by atoms with E-state index in [0.29, 0.717) is 25.2 Å². The van der Waals surface area contributed by atoms with Gasteiger partial charge in [-0.15, -0.1) is 0 Å². The predicted octanol–water partition coefficient (Wildman–Crippen LogP) is 3.65. The first-order valence-electron chi connectivity index (χ1n) is 7.82. The summed E-state index contributed by atoms with van der Waals surface area (Å²) in [4.78, 5) is 0. The van der Waals surface area contributed by atoms with E-state index in [0.717, 1.165) is 36.5 Å². The van der Waals surface area contributed by atoms with E-state index in [1.807, 2.05) is 24.3 Å². The zero-order valence-electron chi connectivity index (χ0n) is 13.0. The summed E-state index contributed by atoms with van der Waals surface area (Å²) in [5.41, 5.74) is 1.15. The molecule has 2 unspecified atom stereocenters. The van der Waals surface area contributed by atoms with Gasteiger partial charge in [0, 0.05) is 11.6 Å². The monoisotopic (exact) mass is 311 g/mol. The smallest absolute Gasteiger partial charge is 0.0814 e. The van der Waals surface area contributed by atoms with Crippen molar-refractivity contribution in [3.05, 3.63) is 34.9 Å². The normalized spacial score (nSPS) is 22.1. The van der Waals surface area contributed by atoms with Crippen molar-refractivity contribution in [1.82, 2.24) is 5.32 Å². The van der Waals surface area contributed by atoms with Crippen LogP contribution in [-0.4, -0.2) is 31.9 Å². The Balaban J connectivity index is 1.58. The maximum absolute atomic E-state index is 5.99. The van der Waals surface area contributed by atoms with Crippen molar-refractivity contribution in [2.45, 2.75) is 45.5 Å². The number of hydrogen-bond acceptors (Lipinski definition) is 3. The van der Waals surface area contributed by atoms with Crippen molar-refractivity contribution < 1.29 is 9.47 Å². The van der Waals surface area contributed by atoms with Gasteiger partial charge in [0.05, 0.1) is 25.4 Å². The standard InChI is InChI=1S/C17H26ClNO2/c1-13(2)9-19-10-16-7-8-17(21-16)12-20-11-14-3-5-15(18)6-4-14/h3-6,13,16-17,19H,7-12H2,1-2H3. The van der Waals surface area contributed by atoms with E-state index in [1.54, 1.807) is 0 Å². The van der Waals surface area contributed by atoms with Crippen LogP contribution in [-0.2, 0) is 16.1 Å². The predicted molar refractivity (Wildman–Crippen MR) is 86.7 cm³/mol. The molecule has 0 spiro atoms. The molecule has 0 saturated carbocycles. The number of nitrogens with one attached hydrogen (secondary N) is 1. The van der Waals surface area contributed by atoms with E-state index < -0.39 is 0 Å². The van der Waals surface area contributed by atoms with E-state index in [2.05, 4.69) is 19.2 Å². The molecular formula is C17H26ClNO2. The molecule has 1 fully saturated rings. The van der Waals surface area contributed by atoms with Crippen LogP contribution in [0, 0.1) is 5.92 Å². The van der Waals surface area contributed by atoms with E-state index in [1.165, 1.54) is 0 Å². The number of ether oxygens (including phenoxy) is 2. The summed E-state index contributed by atoms with van der Waals surface area (Å²) in [6.45, 7) is 7.73. The molecule has 3 nitrogen and oxygen atoms in total. The lowest BCUT2D eigenvalue weighted by molar-refractivity contribution is -0.0191. The van der Waals surface area contributed by atoms with Gasteiger partial charge in [-0.1, -0.05) is 37.6 Å². The molecule has 118 valence electrons. The quantitative estimate of drug-likeness (QED) is 0.795. The summed E-state index contributed by atoms with van der Waals surface area (Å²) in [7, 11) is 0. The van der Waals surface area contributed by atoms with E-state index >= 15 is 0 Å². The molecule has 2 atom stereocenters. The maximum Gasteiger partial charge on any atom is 0.0814 e. The lowest BCUT2D eigenvalue weighted by Crippen LogP contribution is -2.30. The summed E-state index contributed by atoms with van der Waals surface area (Å²) >= 11 is 5.86. The van der Waals surface area contributed by atoms with Gasteiger partial charge in [-0.05, 0) is 43.0 Å². The maximum atomic E-state index is 5.99. The van der Waals surface area contributed by atoms with Crippen LogP contribution in [0.5, 0.6) is 0 Å². The highest BCUT2D eigenvalue weighted by molar-refractivity contribution is 6.30. The zero-order valence-corrected chi connectivity index (χ0v) is 13.7. The minimum atomic E-state index is 0.239. The minimum Gasteiger partial charge on any atom is -0.374 e. The molecule has 2 rings (SSSR count). The molecule has 1 aliphatic heterocycles. The average Bonchev–Trinajstić information content (AvgIpc) is 2.88. The number of halogens is 1. The summed E-state index contributed by atoms with van der Waals surface area (Å²) in [6, 6.07) is 7.78. The van der Waals surface area contributed by atoms with Gasteiger partial charge in [0.25, 0.3) is 0 Å². The van der Waals surface area contributed by atoms with Gasteiger partial charge in [0.2, 0.25) is 0 Å². The van der Waals surface area contributed by atoms with E-state index in [4.69, 9.17) is 21.1 Å². The molecule has 1 aromatic carbocycles. The van der Waals surface area contributed by atoms with Crippen LogP contribution in [0.25, 0.3) is 0 Å². The Hall–Kier alpha value is -0.610. The molecule has 0 aliphatic carbocycles. The second-order valence-electron chi connectivity index (χ2n) is 6.15. The summed E-state index contributed by atoms with van der Waals surface area (Å²) in [6.07, 6.45) is 2.80. The van der Waals surface area contributed by atoms with Crippen molar-refractivity contribution in [1.29, 1.82) is 0 Å². The fourth-order valence-electron chi connectivity index (χ4n) is 2.47. The van der Waals surface area contributed by atoms with E-state index in [9.17, 15) is 0 Å². The molecule has 0 aromatic heterocycles. The molecule has 1 saturated heterocycles. The van der Waals surface area contributed by atoms with Crippen LogP contribution < -0.4 is 5.32 Å². The van der Waals surface area contributed by atoms with Crippen molar-refractivity contribution in [2.24, 2.45) is 5.92 Å². The van der Waals surface area contributed by atoms with Gasteiger partial charge in [-0.3, -0.25) is 0 Å². The van der Waals surface area contributed by atoms with Crippen LogP contribution in [0.15, 0.2) is 24.3 Å². The number of rotatable bonds is 8. The molecule has 1 aliphatic rings. The van der Waals surface area contributed by atoms with Gasteiger partial charge >= 0.3 is 0 Å². The lowest BCUT2D eigenvalue weighted by atomic mass is 10.2. The van der Waals surface area contributed by atoms with E-state index in [-0.39, 0.29) is 6.10 Å². The topological polar surface area (TPSA) is 30.5 Å². The second-order valence-corrected chi connectivity index (χ2v) is 6.59. The summed E-state index contributed by atoms with van der Waals surface area (Å²) in [5.74, 6) is 0.685. The number of benzene rings is 1. The molecule has 4 heteroatoms. The molecule has 1 heterocycles. The van der Waals surface area contributed by atoms with Crippen molar-refractivity contribution in [2.75, 3.05) is 19.7 Å². The second kappa shape index (κ2) is 8.74. The molecule has 0 bridgehead atoms. The summed E-state index contributed by atoms with van der Waals surface area (Å²) in [5, 5.41) is 4.22. The van der Waals surface area contributed by atoms with Crippen LogP contribution in [0.1, 0.15) is 32.3 Å². The first-order valence-corrected chi connectivity index (χ1v) is 8.19.